The highest BCUT2D eigenvalue weighted by Crippen LogP contribution is 2.39. The molecule has 1 aliphatic rings. The minimum atomic E-state index is -0.0814. The first kappa shape index (κ1) is 13.4. The van der Waals surface area contributed by atoms with E-state index < -0.39 is 0 Å². The summed E-state index contributed by atoms with van der Waals surface area (Å²) in [5.74, 6) is 2.04. The lowest BCUT2D eigenvalue weighted by molar-refractivity contribution is 0.161. The third kappa shape index (κ3) is 2.51. The Balaban J connectivity index is 1.85. The summed E-state index contributed by atoms with van der Waals surface area (Å²) in [7, 11) is 1.67. The number of hydrogen-bond acceptors (Lipinski definition) is 3. The summed E-state index contributed by atoms with van der Waals surface area (Å²) in [4.78, 5) is 0. The molecular formula is C17H21NO2. The molecule has 2 unspecified atom stereocenters. The van der Waals surface area contributed by atoms with Gasteiger partial charge in [-0.2, -0.15) is 0 Å². The Bertz CT molecular complexity index is 576. The minimum absolute atomic E-state index is 0.0814. The predicted octanol–water partition coefficient (Wildman–Crippen LogP) is 3.55. The smallest absolute Gasteiger partial charge is 0.129 e. The fourth-order valence-electron chi connectivity index (χ4n) is 3.16. The fourth-order valence-corrected chi connectivity index (χ4v) is 3.16. The summed E-state index contributed by atoms with van der Waals surface area (Å²) in [6.07, 6.45) is 3.48. The maximum atomic E-state index is 6.46. The number of benzene rings is 1. The standard InChI is InChI=1S/C17H21NO2/c1-19-11-13-9-10-16(20-13)17(18)15-8-4-6-12-5-2-3-7-14(12)15/h2-3,5,7,9-10,15,17H,4,6,8,11,18H2,1H3. The number of furan rings is 1. The Morgan fingerprint density at radius 1 is 1.30 bits per heavy atom. The van der Waals surface area contributed by atoms with Gasteiger partial charge >= 0.3 is 0 Å². The van der Waals surface area contributed by atoms with Crippen molar-refractivity contribution >= 4 is 0 Å². The molecule has 2 N–H and O–H groups in total. The molecule has 106 valence electrons. The van der Waals surface area contributed by atoms with Crippen molar-refractivity contribution in [2.24, 2.45) is 5.73 Å². The zero-order valence-corrected chi connectivity index (χ0v) is 11.8. The van der Waals surface area contributed by atoms with Crippen LogP contribution in [0.4, 0.5) is 0 Å². The minimum Gasteiger partial charge on any atom is -0.462 e. The van der Waals surface area contributed by atoms with Crippen molar-refractivity contribution in [3.63, 3.8) is 0 Å². The van der Waals surface area contributed by atoms with E-state index in [4.69, 9.17) is 14.9 Å². The van der Waals surface area contributed by atoms with Gasteiger partial charge in [-0.1, -0.05) is 24.3 Å². The Labute approximate surface area is 119 Å². The van der Waals surface area contributed by atoms with Crippen LogP contribution in [0.3, 0.4) is 0 Å². The van der Waals surface area contributed by atoms with Gasteiger partial charge in [0.2, 0.25) is 0 Å². The van der Waals surface area contributed by atoms with Gasteiger partial charge in [-0.3, -0.25) is 0 Å². The van der Waals surface area contributed by atoms with E-state index in [9.17, 15) is 0 Å². The van der Waals surface area contributed by atoms with Crippen LogP contribution >= 0.6 is 0 Å². The van der Waals surface area contributed by atoms with Gasteiger partial charge in [0.05, 0.1) is 6.04 Å². The number of rotatable bonds is 4. The van der Waals surface area contributed by atoms with E-state index in [0.29, 0.717) is 12.5 Å². The van der Waals surface area contributed by atoms with Gasteiger partial charge in [0.15, 0.2) is 0 Å². The maximum absolute atomic E-state index is 6.46. The molecule has 1 aliphatic carbocycles. The van der Waals surface area contributed by atoms with Gasteiger partial charge in [-0.15, -0.1) is 0 Å². The van der Waals surface area contributed by atoms with Crippen molar-refractivity contribution < 1.29 is 9.15 Å². The van der Waals surface area contributed by atoms with Gasteiger partial charge < -0.3 is 14.9 Å². The van der Waals surface area contributed by atoms with E-state index >= 15 is 0 Å². The molecule has 0 aliphatic heterocycles. The number of nitrogens with two attached hydrogens (primary N) is 1. The second kappa shape index (κ2) is 5.81. The SMILES string of the molecule is COCc1ccc(C(N)C2CCCc3ccccc32)o1. The van der Waals surface area contributed by atoms with E-state index in [1.54, 1.807) is 7.11 Å². The highest BCUT2D eigenvalue weighted by molar-refractivity contribution is 5.34. The van der Waals surface area contributed by atoms with E-state index in [0.717, 1.165) is 24.4 Å². The number of ether oxygens (including phenoxy) is 1. The molecule has 20 heavy (non-hydrogen) atoms. The highest BCUT2D eigenvalue weighted by Gasteiger charge is 2.28. The Hall–Kier alpha value is -1.58. The first-order chi connectivity index (χ1) is 9.79. The lowest BCUT2D eigenvalue weighted by atomic mass is 9.78. The van der Waals surface area contributed by atoms with Gasteiger partial charge in [0.1, 0.15) is 18.1 Å². The number of fused-ring (bicyclic) bond motifs is 1. The number of hydrogen-bond donors (Lipinski definition) is 1. The molecule has 0 saturated carbocycles. The molecule has 3 heteroatoms. The lowest BCUT2D eigenvalue weighted by Crippen LogP contribution is -2.23. The largest absolute Gasteiger partial charge is 0.462 e. The number of methoxy groups -OCH3 is 1. The average molecular weight is 271 g/mol. The van der Waals surface area contributed by atoms with Gasteiger partial charge in [-0.05, 0) is 42.5 Å². The summed E-state index contributed by atoms with van der Waals surface area (Å²) >= 11 is 0. The molecule has 2 aromatic rings. The van der Waals surface area contributed by atoms with Crippen molar-refractivity contribution in [3.05, 3.63) is 59.0 Å². The maximum Gasteiger partial charge on any atom is 0.129 e. The van der Waals surface area contributed by atoms with E-state index in [2.05, 4.69) is 24.3 Å². The zero-order valence-electron chi connectivity index (χ0n) is 11.8. The van der Waals surface area contributed by atoms with Crippen molar-refractivity contribution in [2.45, 2.75) is 37.8 Å². The van der Waals surface area contributed by atoms with Crippen LogP contribution in [-0.2, 0) is 17.8 Å². The summed E-state index contributed by atoms with van der Waals surface area (Å²) in [5, 5.41) is 0. The summed E-state index contributed by atoms with van der Waals surface area (Å²) in [5.41, 5.74) is 9.28. The monoisotopic (exact) mass is 271 g/mol. The second-order valence-electron chi connectivity index (χ2n) is 5.46. The van der Waals surface area contributed by atoms with Crippen LogP contribution in [-0.4, -0.2) is 7.11 Å². The first-order valence-corrected chi connectivity index (χ1v) is 7.20. The van der Waals surface area contributed by atoms with Crippen molar-refractivity contribution in [1.29, 1.82) is 0 Å². The van der Waals surface area contributed by atoms with Crippen LogP contribution in [0.25, 0.3) is 0 Å². The third-order valence-electron chi connectivity index (χ3n) is 4.15. The van der Waals surface area contributed by atoms with E-state index in [1.807, 2.05) is 12.1 Å². The van der Waals surface area contributed by atoms with Crippen molar-refractivity contribution in [1.82, 2.24) is 0 Å². The molecule has 0 bridgehead atoms. The van der Waals surface area contributed by atoms with Gasteiger partial charge in [-0.25, -0.2) is 0 Å². The quantitative estimate of drug-likeness (QED) is 0.925. The predicted molar refractivity (Wildman–Crippen MR) is 78.5 cm³/mol. The summed E-state index contributed by atoms with van der Waals surface area (Å²) in [6, 6.07) is 12.5. The Morgan fingerprint density at radius 3 is 3.00 bits per heavy atom. The third-order valence-corrected chi connectivity index (χ3v) is 4.15. The Kier molecular flexibility index (Phi) is 3.90. The lowest BCUT2D eigenvalue weighted by Gasteiger charge is -2.29. The molecular weight excluding hydrogens is 250 g/mol. The normalized spacial score (nSPS) is 19.6. The molecule has 3 rings (SSSR count). The molecule has 3 nitrogen and oxygen atoms in total. The Morgan fingerprint density at radius 2 is 2.15 bits per heavy atom. The van der Waals surface area contributed by atoms with Crippen LogP contribution in [0.1, 0.15) is 47.4 Å². The van der Waals surface area contributed by atoms with E-state index in [1.165, 1.54) is 17.5 Å². The fraction of sp³-hybridized carbons (Fsp3) is 0.412. The number of aryl methyl sites for hydroxylation is 1. The van der Waals surface area contributed by atoms with Crippen LogP contribution in [0.2, 0.25) is 0 Å². The van der Waals surface area contributed by atoms with Gasteiger partial charge in [0, 0.05) is 13.0 Å². The van der Waals surface area contributed by atoms with Gasteiger partial charge in [0.25, 0.3) is 0 Å². The molecule has 0 saturated heterocycles. The van der Waals surface area contributed by atoms with Crippen LogP contribution in [0.15, 0.2) is 40.8 Å². The molecule has 0 amide bonds. The van der Waals surface area contributed by atoms with E-state index in [-0.39, 0.29) is 6.04 Å². The second-order valence-corrected chi connectivity index (χ2v) is 5.46. The van der Waals surface area contributed by atoms with Crippen LogP contribution in [0, 0.1) is 0 Å². The topological polar surface area (TPSA) is 48.4 Å². The zero-order chi connectivity index (χ0) is 13.9. The molecule has 0 radical (unpaired) electrons. The molecule has 0 spiro atoms. The molecule has 0 fully saturated rings. The molecule has 1 aromatic heterocycles. The first-order valence-electron chi connectivity index (χ1n) is 7.20. The summed E-state index contributed by atoms with van der Waals surface area (Å²) < 4.78 is 10.9. The van der Waals surface area contributed by atoms with Crippen LogP contribution in [0.5, 0.6) is 0 Å². The summed E-state index contributed by atoms with van der Waals surface area (Å²) in [6.45, 7) is 0.494. The average Bonchev–Trinajstić information content (AvgIpc) is 2.95. The molecule has 1 aromatic carbocycles. The van der Waals surface area contributed by atoms with Crippen molar-refractivity contribution in [3.8, 4) is 0 Å². The molecule has 1 heterocycles. The molecule has 2 atom stereocenters. The van der Waals surface area contributed by atoms with Crippen molar-refractivity contribution in [2.75, 3.05) is 7.11 Å². The highest BCUT2D eigenvalue weighted by atomic mass is 16.5. The van der Waals surface area contributed by atoms with Crippen LogP contribution < -0.4 is 5.73 Å².